The lowest BCUT2D eigenvalue weighted by Crippen LogP contribution is -2.08. The van der Waals surface area contributed by atoms with Crippen LogP contribution >= 0.6 is 11.6 Å². The van der Waals surface area contributed by atoms with Crippen molar-refractivity contribution >= 4 is 11.6 Å². The van der Waals surface area contributed by atoms with E-state index < -0.39 is 0 Å². The van der Waals surface area contributed by atoms with Crippen molar-refractivity contribution in [3.8, 4) is 17.1 Å². The van der Waals surface area contributed by atoms with Crippen LogP contribution in [-0.4, -0.2) is 21.1 Å². The van der Waals surface area contributed by atoms with Gasteiger partial charge in [0.1, 0.15) is 5.15 Å². The van der Waals surface area contributed by atoms with Gasteiger partial charge in [0.15, 0.2) is 0 Å². The first-order valence-corrected chi connectivity index (χ1v) is 6.06. The zero-order valence-corrected chi connectivity index (χ0v) is 11.3. The maximum absolute atomic E-state index is 5.89. The van der Waals surface area contributed by atoms with E-state index in [1.807, 2.05) is 26.8 Å². The molecule has 2 aromatic rings. The topological polar surface area (TPSA) is 47.9 Å². The normalized spacial score (nSPS) is 10.7. The Kier molecular flexibility index (Phi) is 3.77. The summed E-state index contributed by atoms with van der Waals surface area (Å²) in [6.07, 6.45) is 3.43. The molecule has 0 saturated carbocycles. The molecule has 2 heterocycles. The van der Waals surface area contributed by atoms with Crippen molar-refractivity contribution in [2.24, 2.45) is 0 Å². The van der Waals surface area contributed by atoms with Gasteiger partial charge in [-0.2, -0.15) is 0 Å². The van der Waals surface area contributed by atoms with Crippen LogP contribution in [0.2, 0.25) is 5.15 Å². The molecule has 94 valence electrons. The molecule has 4 nitrogen and oxygen atoms in total. The van der Waals surface area contributed by atoms with Crippen LogP contribution in [0.1, 0.15) is 19.5 Å². The third kappa shape index (κ3) is 2.96. The molecule has 0 aliphatic carbocycles. The summed E-state index contributed by atoms with van der Waals surface area (Å²) in [5.74, 6) is 0.482. The van der Waals surface area contributed by atoms with Gasteiger partial charge in [0.05, 0.1) is 29.3 Å². The lowest BCUT2D eigenvalue weighted by atomic mass is 10.2. The molecule has 0 radical (unpaired) electrons. The number of nitrogens with zero attached hydrogens (tertiary/aromatic N) is 3. The fourth-order valence-electron chi connectivity index (χ4n) is 1.46. The summed E-state index contributed by atoms with van der Waals surface area (Å²) in [6.45, 7) is 5.77. The van der Waals surface area contributed by atoms with Crippen molar-refractivity contribution in [2.45, 2.75) is 26.9 Å². The second kappa shape index (κ2) is 5.31. The van der Waals surface area contributed by atoms with Gasteiger partial charge in [0, 0.05) is 6.20 Å². The molecule has 0 N–H and O–H groups in total. The summed E-state index contributed by atoms with van der Waals surface area (Å²) < 4.78 is 5.65. The minimum absolute atomic E-state index is 0.0214. The highest BCUT2D eigenvalue weighted by atomic mass is 35.5. The number of aryl methyl sites for hydroxylation is 1. The molecule has 0 bridgehead atoms. The third-order valence-electron chi connectivity index (χ3n) is 2.23. The number of pyridine rings is 1. The highest BCUT2D eigenvalue weighted by Crippen LogP contribution is 2.28. The molecule has 5 heteroatoms. The zero-order chi connectivity index (χ0) is 13.1. The molecule has 0 spiro atoms. The van der Waals surface area contributed by atoms with Crippen LogP contribution in [0.15, 0.2) is 24.5 Å². The summed E-state index contributed by atoms with van der Waals surface area (Å²) in [4.78, 5) is 12.7. The minimum Gasteiger partial charge on any atom is -0.474 e. The molecule has 0 amide bonds. The Balaban J connectivity index is 2.45. The third-order valence-corrected chi connectivity index (χ3v) is 2.44. The minimum atomic E-state index is 0.0214. The van der Waals surface area contributed by atoms with Gasteiger partial charge in [-0.3, -0.25) is 9.97 Å². The van der Waals surface area contributed by atoms with Gasteiger partial charge in [-0.1, -0.05) is 11.6 Å². The molecule has 18 heavy (non-hydrogen) atoms. The molecule has 0 unspecified atom stereocenters. The van der Waals surface area contributed by atoms with Gasteiger partial charge < -0.3 is 4.74 Å². The average Bonchev–Trinajstić information content (AvgIpc) is 2.30. The molecule has 0 saturated heterocycles. The van der Waals surface area contributed by atoms with Gasteiger partial charge in [0.2, 0.25) is 5.88 Å². The number of hydrogen-bond donors (Lipinski definition) is 0. The van der Waals surface area contributed by atoms with E-state index in [1.54, 1.807) is 18.5 Å². The highest BCUT2D eigenvalue weighted by Gasteiger charge is 2.12. The molecule has 2 aromatic heterocycles. The molecule has 0 aliphatic rings. The maximum atomic E-state index is 5.89. The standard InChI is InChI=1S/C13H14ClN3O/c1-8(2)18-13-10(4-5-12(14)17-13)11-7-15-9(3)6-16-11/h4-8H,1-3H3. The van der Waals surface area contributed by atoms with E-state index in [9.17, 15) is 0 Å². The fourth-order valence-corrected chi connectivity index (χ4v) is 1.60. The molecular formula is C13H14ClN3O. The van der Waals surface area contributed by atoms with E-state index in [-0.39, 0.29) is 6.10 Å². The molecule has 0 fully saturated rings. The number of rotatable bonds is 3. The van der Waals surface area contributed by atoms with Crippen molar-refractivity contribution in [1.82, 2.24) is 15.0 Å². The highest BCUT2D eigenvalue weighted by molar-refractivity contribution is 6.29. The SMILES string of the molecule is Cc1cnc(-c2ccc(Cl)nc2OC(C)C)cn1. The predicted molar refractivity (Wildman–Crippen MR) is 70.8 cm³/mol. The smallest absolute Gasteiger partial charge is 0.224 e. The first-order valence-electron chi connectivity index (χ1n) is 5.68. The van der Waals surface area contributed by atoms with Crippen LogP contribution in [0, 0.1) is 6.92 Å². The number of ether oxygens (including phenoxy) is 1. The van der Waals surface area contributed by atoms with Crippen LogP contribution in [0.5, 0.6) is 5.88 Å². The van der Waals surface area contributed by atoms with E-state index in [0.717, 1.165) is 17.0 Å². The second-order valence-corrected chi connectivity index (χ2v) is 4.58. The van der Waals surface area contributed by atoms with Gasteiger partial charge in [-0.15, -0.1) is 0 Å². The molecule has 2 rings (SSSR count). The maximum Gasteiger partial charge on any atom is 0.224 e. The van der Waals surface area contributed by atoms with Gasteiger partial charge >= 0.3 is 0 Å². The Morgan fingerprint density at radius 1 is 1.17 bits per heavy atom. The zero-order valence-electron chi connectivity index (χ0n) is 10.5. The van der Waals surface area contributed by atoms with Crippen LogP contribution in [0.4, 0.5) is 0 Å². The number of hydrogen-bond acceptors (Lipinski definition) is 4. The van der Waals surface area contributed by atoms with Crippen LogP contribution in [-0.2, 0) is 0 Å². The average molecular weight is 264 g/mol. The summed E-state index contributed by atoms with van der Waals surface area (Å²) in [5, 5.41) is 0.398. The fraction of sp³-hybridized carbons (Fsp3) is 0.308. The lowest BCUT2D eigenvalue weighted by Gasteiger charge is -2.12. The van der Waals surface area contributed by atoms with E-state index in [2.05, 4.69) is 15.0 Å². The van der Waals surface area contributed by atoms with E-state index in [0.29, 0.717) is 11.0 Å². The Morgan fingerprint density at radius 3 is 2.56 bits per heavy atom. The molecular weight excluding hydrogens is 250 g/mol. The Morgan fingerprint density at radius 2 is 1.94 bits per heavy atom. The summed E-state index contributed by atoms with van der Waals surface area (Å²) in [7, 11) is 0. The number of halogens is 1. The van der Waals surface area contributed by atoms with Crippen LogP contribution in [0.25, 0.3) is 11.3 Å². The summed E-state index contributed by atoms with van der Waals surface area (Å²) in [6, 6.07) is 3.55. The Bertz CT molecular complexity index is 540. The van der Waals surface area contributed by atoms with Crippen molar-refractivity contribution < 1.29 is 4.74 Å². The van der Waals surface area contributed by atoms with Gasteiger partial charge in [0.25, 0.3) is 0 Å². The van der Waals surface area contributed by atoms with Crippen molar-refractivity contribution in [3.63, 3.8) is 0 Å². The number of aromatic nitrogens is 3. The van der Waals surface area contributed by atoms with Crippen molar-refractivity contribution in [2.75, 3.05) is 0 Å². The first-order chi connectivity index (χ1) is 8.56. The molecule has 0 atom stereocenters. The quantitative estimate of drug-likeness (QED) is 0.798. The predicted octanol–water partition coefficient (Wildman–Crippen LogP) is 3.29. The van der Waals surface area contributed by atoms with Gasteiger partial charge in [-0.25, -0.2) is 4.98 Å². The second-order valence-electron chi connectivity index (χ2n) is 4.20. The molecule has 0 aromatic carbocycles. The monoisotopic (exact) mass is 263 g/mol. The first kappa shape index (κ1) is 12.8. The van der Waals surface area contributed by atoms with Crippen LogP contribution < -0.4 is 4.74 Å². The summed E-state index contributed by atoms with van der Waals surface area (Å²) >= 11 is 5.89. The van der Waals surface area contributed by atoms with E-state index in [1.165, 1.54) is 0 Å². The van der Waals surface area contributed by atoms with E-state index in [4.69, 9.17) is 16.3 Å². The Hall–Kier alpha value is -1.68. The van der Waals surface area contributed by atoms with E-state index >= 15 is 0 Å². The largest absolute Gasteiger partial charge is 0.474 e. The van der Waals surface area contributed by atoms with Crippen LogP contribution in [0.3, 0.4) is 0 Å². The Labute approximate surface area is 111 Å². The molecule has 0 aliphatic heterocycles. The lowest BCUT2D eigenvalue weighted by molar-refractivity contribution is 0.234. The van der Waals surface area contributed by atoms with Gasteiger partial charge in [-0.05, 0) is 32.9 Å². The summed E-state index contributed by atoms with van der Waals surface area (Å²) in [5.41, 5.74) is 2.38. The van der Waals surface area contributed by atoms with Crippen molar-refractivity contribution in [3.05, 3.63) is 35.4 Å². The van der Waals surface area contributed by atoms with Crippen molar-refractivity contribution in [1.29, 1.82) is 0 Å².